The van der Waals surface area contributed by atoms with Gasteiger partial charge in [-0.1, -0.05) is 17.7 Å². The van der Waals surface area contributed by atoms with Gasteiger partial charge in [0.15, 0.2) is 11.5 Å². The van der Waals surface area contributed by atoms with Crippen LogP contribution in [0, 0.1) is 0 Å². The van der Waals surface area contributed by atoms with Crippen molar-refractivity contribution >= 4 is 46.0 Å². The molecular weight excluding hydrogens is 512 g/mol. The Labute approximate surface area is 222 Å². The Morgan fingerprint density at radius 1 is 1.11 bits per heavy atom. The summed E-state index contributed by atoms with van der Waals surface area (Å²) in [6, 6.07) is 12.0. The van der Waals surface area contributed by atoms with E-state index in [0.717, 1.165) is 0 Å². The summed E-state index contributed by atoms with van der Waals surface area (Å²) in [6.07, 6.45) is 1.53. The van der Waals surface area contributed by atoms with E-state index in [2.05, 4.69) is 15.0 Å². The molecule has 1 aliphatic rings. The number of aliphatic hydroxyl groups is 1. The van der Waals surface area contributed by atoms with Gasteiger partial charge >= 0.3 is 5.91 Å². The highest BCUT2D eigenvalue weighted by Crippen LogP contribution is 2.43. The Bertz CT molecular complexity index is 1540. The molecule has 1 fully saturated rings. The number of aliphatic hydroxyl groups excluding tert-OH is 1. The number of hydrogen-bond acceptors (Lipinski definition) is 8. The molecule has 2 aromatic heterocycles. The molecule has 38 heavy (non-hydrogen) atoms. The van der Waals surface area contributed by atoms with Crippen molar-refractivity contribution in [2.45, 2.75) is 13.0 Å². The van der Waals surface area contributed by atoms with Gasteiger partial charge in [0.1, 0.15) is 17.6 Å². The second-order valence-corrected chi connectivity index (χ2v) is 8.69. The summed E-state index contributed by atoms with van der Waals surface area (Å²) in [5.74, 6) is -0.812. The van der Waals surface area contributed by atoms with Crippen molar-refractivity contribution in [1.82, 2.24) is 15.0 Å². The molecule has 0 saturated carbocycles. The third-order valence-corrected chi connectivity index (χ3v) is 6.45. The number of anilines is 1. The van der Waals surface area contributed by atoms with E-state index in [1.807, 2.05) is 6.92 Å². The number of hydrogen-bond donors (Lipinski definition) is 2. The van der Waals surface area contributed by atoms with E-state index >= 15 is 0 Å². The minimum Gasteiger partial charge on any atom is -0.507 e. The second-order valence-electron chi connectivity index (χ2n) is 8.28. The van der Waals surface area contributed by atoms with Gasteiger partial charge in [-0.15, -0.1) is 0 Å². The first-order chi connectivity index (χ1) is 18.4. The summed E-state index contributed by atoms with van der Waals surface area (Å²) >= 11 is 6.39. The van der Waals surface area contributed by atoms with Crippen LogP contribution in [0.5, 0.6) is 17.2 Å². The highest BCUT2D eigenvalue weighted by Gasteiger charge is 2.49. The molecule has 0 spiro atoms. The third-order valence-electron chi connectivity index (χ3n) is 6.12. The summed E-state index contributed by atoms with van der Waals surface area (Å²) in [5, 5.41) is 11.6. The number of H-pyrrole nitrogens is 1. The normalized spacial score (nSPS) is 16.7. The van der Waals surface area contributed by atoms with Crippen LogP contribution in [0.1, 0.15) is 24.2 Å². The molecule has 1 atom stereocenters. The average molecular weight is 535 g/mol. The molecule has 1 amide bonds. The number of nitrogens with one attached hydrogen (secondary N) is 1. The zero-order valence-electron chi connectivity index (χ0n) is 20.7. The van der Waals surface area contributed by atoms with E-state index in [1.165, 1.54) is 31.4 Å². The number of ketones is 1. The van der Waals surface area contributed by atoms with Crippen LogP contribution in [-0.4, -0.2) is 52.6 Å². The smallest absolute Gasteiger partial charge is 0.302 e. The van der Waals surface area contributed by atoms with E-state index in [1.54, 1.807) is 42.5 Å². The first kappa shape index (κ1) is 25.1. The number of amides is 1. The number of carbonyl (C=O) groups is 2. The Morgan fingerprint density at radius 2 is 1.87 bits per heavy atom. The highest BCUT2D eigenvalue weighted by atomic mass is 35.5. The first-order valence-electron chi connectivity index (χ1n) is 11.6. The largest absolute Gasteiger partial charge is 0.507 e. The molecule has 0 radical (unpaired) electrons. The van der Waals surface area contributed by atoms with Gasteiger partial charge in [0.05, 0.1) is 48.1 Å². The van der Waals surface area contributed by atoms with Crippen LogP contribution in [0.4, 0.5) is 5.95 Å². The Kier molecular flexibility index (Phi) is 6.64. The van der Waals surface area contributed by atoms with Crippen molar-refractivity contribution in [3.63, 3.8) is 0 Å². The Balaban J connectivity index is 1.71. The van der Waals surface area contributed by atoms with Gasteiger partial charge in [-0.25, -0.2) is 4.98 Å². The molecule has 5 rings (SSSR count). The van der Waals surface area contributed by atoms with Crippen LogP contribution in [0.25, 0.3) is 16.8 Å². The van der Waals surface area contributed by atoms with Crippen molar-refractivity contribution in [1.29, 1.82) is 0 Å². The molecule has 2 aromatic carbocycles. The number of imidazole rings is 1. The van der Waals surface area contributed by atoms with E-state index < -0.39 is 23.5 Å². The number of nitrogens with zero attached hydrogens (tertiary/aromatic N) is 3. The quantitative estimate of drug-likeness (QED) is 0.199. The highest BCUT2D eigenvalue weighted by molar-refractivity contribution is 6.51. The summed E-state index contributed by atoms with van der Waals surface area (Å²) in [7, 11) is 3.01. The minimum atomic E-state index is -1.09. The molecule has 3 heterocycles. The van der Waals surface area contributed by atoms with E-state index in [-0.39, 0.29) is 22.1 Å². The lowest BCUT2D eigenvalue weighted by Crippen LogP contribution is -2.30. The van der Waals surface area contributed by atoms with Crippen LogP contribution in [0.2, 0.25) is 5.02 Å². The number of pyridine rings is 1. The van der Waals surface area contributed by atoms with E-state index in [0.29, 0.717) is 40.6 Å². The number of fused-ring (bicyclic) bond motifs is 1. The van der Waals surface area contributed by atoms with Gasteiger partial charge in [0.2, 0.25) is 5.95 Å². The molecule has 1 unspecified atom stereocenters. The lowest BCUT2D eigenvalue weighted by Gasteiger charge is -2.22. The molecule has 10 nitrogen and oxygen atoms in total. The molecule has 2 N–H and O–H groups in total. The average Bonchev–Trinajstić information content (AvgIpc) is 3.46. The number of carbonyl (C=O) groups excluding carboxylic acids is 2. The number of aromatic nitrogens is 3. The fourth-order valence-electron chi connectivity index (χ4n) is 4.39. The van der Waals surface area contributed by atoms with Crippen LogP contribution >= 0.6 is 11.6 Å². The molecule has 11 heteroatoms. The van der Waals surface area contributed by atoms with Crippen LogP contribution in [0.3, 0.4) is 0 Å². The van der Waals surface area contributed by atoms with Gasteiger partial charge in [0.25, 0.3) is 5.78 Å². The molecule has 0 bridgehead atoms. The zero-order valence-corrected chi connectivity index (χ0v) is 21.4. The monoisotopic (exact) mass is 534 g/mol. The van der Waals surface area contributed by atoms with Crippen molar-refractivity contribution < 1.29 is 28.9 Å². The molecule has 1 aliphatic heterocycles. The van der Waals surface area contributed by atoms with Gasteiger partial charge in [-0.3, -0.25) is 19.5 Å². The fourth-order valence-corrected chi connectivity index (χ4v) is 4.60. The predicted molar refractivity (Wildman–Crippen MR) is 141 cm³/mol. The molecule has 4 aromatic rings. The lowest BCUT2D eigenvalue weighted by molar-refractivity contribution is -0.132. The lowest BCUT2D eigenvalue weighted by atomic mass is 9.98. The van der Waals surface area contributed by atoms with Crippen LogP contribution in [-0.2, 0) is 9.59 Å². The third kappa shape index (κ3) is 4.18. The maximum absolute atomic E-state index is 13.4. The topological polar surface area (TPSA) is 127 Å². The number of Topliss-reactive ketones (excluding diaryl/α,β-unsaturated/α-hetero) is 1. The second kappa shape index (κ2) is 10.1. The molecule has 194 valence electrons. The van der Waals surface area contributed by atoms with Gasteiger partial charge in [-0.2, -0.15) is 0 Å². The number of methoxy groups -OCH3 is 2. The van der Waals surface area contributed by atoms with Crippen LogP contribution < -0.4 is 19.1 Å². The van der Waals surface area contributed by atoms with Crippen molar-refractivity contribution in [3.05, 3.63) is 76.6 Å². The molecular formula is C27H23ClN4O6. The standard InChI is InChI=1S/C27H23ClN4O6/c1-4-38-14-8-9-16(28)15(11-14)24(33)22-23(17-7-5-6-10-29-17)32(26(35)25(22)34)27-30-18-12-20(36-2)21(37-3)13-19(18)31-27/h5-13,23,33H,4H2,1-3H3,(H,30,31)/b24-22+. The first-order valence-corrected chi connectivity index (χ1v) is 12.0. The summed E-state index contributed by atoms with van der Waals surface area (Å²) < 4.78 is 16.3. The molecule has 0 aliphatic carbocycles. The number of benzene rings is 2. The van der Waals surface area contributed by atoms with Gasteiger partial charge in [-0.05, 0) is 37.3 Å². The van der Waals surface area contributed by atoms with Gasteiger partial charge in [0, 0.05) is 23.9 Å². The number of ether oxygens (including phenoxy) is 3. The number of halogens is 1. The van der Waals surface area contributed by atoms with E-state index in [4.69, 9.17) is 25.8 Å². The van der Waals surface area contributed by atoms with Crippen molar-refractivity contribution in [3.8, 4) is 17.2 Å². The Morgan fingerprint density at radius 3 is 2.55 bits per heavy atom. The number of rotatable bonds is 7. The van der Waals surface area contributed by atoms with E-state index in [9.17, 15) is 14.7 Å². The van der Waals surface area contributed by atoms with Crippen molar-refractivity contribution in [2.24, 2.45) is 0 Å². The summed E-state index contributed by atoms with van der Waals surface area (Å²) in [4.78, 5) is 40.1. The maximum Gasteiger partial charge on any atom is 0.302 e. The predicted octanol–water partition coefficient (Wildman–Crippen LogP) is 4.65. The summed E-state index contributed by atoms with van der Waals surface area (Å²) in [5.41, 5.74) is 1.34. The van der Waals surface area contributed by atoms with Crippen molar-refractivity contribution in [2.75, 3.05) is 25.7 Å². The summed E-state index contributed by atoms with van der Waals surface area (Å²) in [6.45, 7) is 2.21. The molecule has 1 saturated heterocycles. The Hall–Kier alpha value is -4.57. The van der Waals surface area contributed by atoms with Gasteiger partial charge < -0.3 is 24.3 Å². The minimum absolute atomic E-state index is 0.0845. The maximum atomic E-state index is 13.4. The van der Waals surface area contributed by atoms with Crippen LogP contribution in [0.15, 0.2) is 60.3 Å². The fraction of sp³-hybridized carbons (Fsp3) is 0.185. The zero-order chi connectivity index (χ0) is 27.0. The number of aromatic amines is 1. The SMILES string of the molecule is CCOc1ccc(Cl)c(/C(O)=C2\C(=O)C(=O)N(c3nc4cc(OC)c(OC)cc4[nH]3)C2c2ccccn2)c1.